The van der Waals surface area contributed by atoms with Crippen LogP contribution in [0.3, 0.4) is 0 Å². The highest BCUT2D eigenvalue weighted by molar-refractivity contribution is 6.30. The van der Waals surface area contributed by atoms with Crippen LogP contribution in [-0.4, -0.2) is 16.1 Å². The maximum Gasteiger partial charge on any atom is 0.421 e. The molecule has 0 aliphatic heterocycles. The Hall–Kier alpha value is -3.00. The molecular formula is C23H22ClF3N4O. The smallest absolute Gasteiger partial charge is 0.421 e. The first-order valence-corrected chi connectivity index (χ1v) is 10.8. The number of halogens is 4. The van der Waals surface area contributed by atoms with Crippen molar-refractivity contribution in [2.45, 2.75) is 44.4 Å². The van der Waals surface area contributed by atoms with Crippen molar-refractivity contribution in [2.24, 2.45) is 0 Å². The van der Waals surface area contributed by atoms with E-state index in [1.165, 1.54) is 6.42 Å². The van der Waals surface area contributed by atoms with E-state index in [0.29, 0.717) is 22.1 Å². The first kappa shape index (κ1) is 22.2. The average Bonchev–Trinajstić information content (AvgIpc) is 2.77. The van der Waals surface area contributed by atoms with Crippen molar-refractivity contribution in [3.63, 3.8) is 0 Å². The van der Waals surface area contributed by atoms with E-state index in [9.17, 15) is 13.2 Å². The summed E-state index contributed by atoms with van der Waals surface area (Å²) in [5, 5.41) is 6.18. The second-order valence-corrected chi connectivity index (χ2v) is 8.05. The van der Waals surface area contributed by atoms with Crippen molar-refractivity contribution >= 4 is 34.7 Å². The van der Waals surface area contributed by atoms with E-state index in [1.807, 2.05) is 0 Å². The predicted molar refractivity (Wildman–Crippen MR) is 119 cm³/mol. The minimum absolute atomic E-state index is 0.0278. The van der Waals surface area contributed by atoms with Gasteiger partial charge in [0.1, 0.15) is 17.1 Å². The molecule has 1 aliphatic carbocycles. The molecular weight excluding hydrogens is 441 g/mol. The number of alkyl halides is 3. The van der Waals surface area contributed by atoms with E-state index >= 15 is 0 Å². The molecule has 1 aromatic heterocycles. The van der Waals surface area contributed by atoms with Gasteiger partial charge < -0.3 is 15.4 Å². The zero-order chi connectivity index (χ0) is 22.6. The first-order chi connectivity index (χ1) is 15.4. The topological polar surface area (TPSA) is 59.1 Å². The van der Waals surface area contributed by atoms with Crippen molar-refractivity contribution in [3.8, 4) is 5.75 Å². The Morgan fingerprint density at radius 3 is 2.16 bits per heavy atom. The van der Waals surface area contributed by atoms with Crippen LogP contribution < -0.4 is 15.4 Å². The number of nitrogens with one attached hydrogen (secondary N) is 2. The fourth-order valence-electron chi connectivity index (χ4n) is 3.54. The largest absolute Gasteiger partial charge is 0.490 e. The molecule has 3 aromatic rings. The standard InChI is InChI=1S/C23H22ClF3N4O/c24-15-6-8-17(9-7-15)30-22-28-14-20(23(25,26)27)21(31-22)29-16-10-12-19(13-11-16)32-18-4-2-1-3-5-18/h6-14,18H,1-5H2,(H2,28,29,30,31). The zero-order valence-corrected chi connectivity index (χ0v) is 17.9. The van der Waals surface area contributed by atoms with Gasteiger partial charge in [-0.05, 0) is 74.2 Å². The Morgan fingerprint density at radius 2 is 1.50 bits per heavy atom. The van der Waals surface area contributed by atoms with Gasteiger partial charge in [-0.2, -0.15) is 18.2 Å². The number of anilines is 4. The molecule has 168 valence electrons. The van der Waals surface area contributed by atoms with Crippen molar-refractivity contribution in [3.05, 3.63) is 65.3 Å². The molecule has 0 bridgehead atoms. The van der Waals surface area contributed by atoms with Gasteiger partial charge in [0.15, 0.2) is 0 Å². The fraction of sp³-hybridized carbons (Fsp3) is 0.304. The van der Waals surface area contributed by atoms with E-state index in [4.69, 9.17) is 16.3 Å². The summed E-state index contributed by atoms with van der Waals surface area (Å²) in [6.45, 7) is 0. The van der Waals surface area contributed by atoms with Crippen LogP contribution in [0, 0.1) is 0 Å². The number of hydrogen-bond donors (Lipinski definition) is 2. The minimum Gasteiger partial charge on any atom is -0.490 e. The summed E-state index contributed by atoms with van der Waals surface area (Å²) >= 11 is 5.86. The van der Waals surface area contributed by atoms with Crippen molar-refractivity contribution in [2.75, 3.05) is 10.6 Å². The molecule has 0 radical (unpaired) electrons. The van der Waals surface area contributed by atoms with E-state index < -0.39 is 11.7 Å². The van der Waals surface area contributed by atoms with Crippen LogP contribution >= 0.6 is 11.6 Å². The molecule has 4 rings (SSSR count). The highest BCUT2D eigenvalue weighted by Crippen LogP contribution is 2.35. The quantitative estimate of drug-likeness (QED) is 0.401. The Balaban J connectivity index is 1.52. The molecule has 5 nitrogen and oxygen atoms in total. The van der Waals surface area contributed by atoms with Crippen LogP contribution in [0.25, 0.3) is 0 Å². The van der Waals surface area contributed by atoms with Gasteiger partial charge in [-0.15, -0.1) is 0 Å². The summed E-state index contributed by atoms with van der Waals surface area (Å²) in [5.41, 5.74) is 0.105. The molecule has 1 aliphatic rings. The van der Waals surface area contributed by atoms with Gasteiger partial charge in [0, 0.05) is 22.6 Å². The number of ether oxygens (including phenoxy) is 1. The van der Waals surface area contributed by atoms with Crippen LogP contribution in [0.15, 0.2) is 54.7 Å². The zero-order valence-electron chi connectivity index (χ0n) is 17.1. The van der Waals surface area contributed by atoms with Crippen LogP contribution in [0.4, 0.5) is 36.3 Å². The lowest BCUT2D eigenvalue weighted by molar-refractivity contribution is -0.137. The number of benzene rings is 2. The summed E-state index contributed by atoms with van der Waals surface area (Å²) in [7, 11) is 0. The molecule has 32 heavy (non-hydrogen) atoms. The number of nitrogens with zero attached hydrogens (tertiary/aromatic N) is 2. The van der Waals surface area contributed by atoms with Gasteiger partial charge in [0.05, 0.1) is 6.10 Å². The average molecular weight is 463 g/mol. The summed E-state index contributed by atoms with van der Waals surface area (Å²) in [6, 6.07) is 13.5. The molecule has 9 heteroatoms. The van der Waals surface area contributed by atoms with Gasteiger partial charge in [-0.3, -0.25) is 0 Å². The lowest BCUT2D eigenvalue weighted by Crippen LogP contribution is -2.19. The fourth-order valence-corrected chi connectivity index (χ4v) is 3.66. The number of hydrogen-bond acceptors (Lipinski definition) is 5. The lowest BCUT2D eigenvalue weighted by atomic mass is 9.98. The van der Waals surface area contributed by atoms with Crippen molar-refractivity contribution in [1.29, 1.82) is 0 Å². The molecule has 1 heterocycles. The summed E-state index contributed by atoms with van der Waals surface area (Å²) < 4.78 is 46.5. The molecule has 2 N–H and O–H groups in total. The van der Waals surface area contributed by atoms with Crippen LogP contribution in [0.5, 0.6) is 5.75 Å². The van der Waals surface area contributed by atoms with Gasteiger partial charge in [0.2, 0.25) is 5.95 Å². The summed E-state index contributed by atoms with van der Waals surface area (Å²) in [5.74, 6) is 0.385. The predicted octanol–water partition coefficient (Wildman–Crippen LogP) is 7.35. The van der Waals surface area contributed by atoms with E-state index in [2.05, 4.69) is 20.6 Å². The third-order valence-electron chi connectivity index (χ3n) is 5.17. The number of aromatic nitrogens is 2. The molecule has 2 aromatic carbocycles. The second kappa shape index (κ2) is 9.65. The molecule has 0 spiro atoms. The molecule has 1 fully saturated rings. The Kier molecular flexibility index (Phi) is 6.69. The van der Waals surface area contributed by atoms with Crippen molar-refractivity contribution < 1.29 is 17.9 Å². The van der Waals surface area contributed by atoms with E-state index in [1.54, 1.807) is 48.5 Å². The summed E-state index contributed by atoms with van der Waals surface area (Å²) in [6.07, 6.45) is 1.95. The Labute approximate surface area is 189 Å². The monoisotopic (exact) mass is 462 g/mol. The SMILES string of the molecule is FC(F)(F)c1cnc(Nc2ccc(Cl)cc2)nc1Nc1ccc(OC2CCCCC2)cc1. The highest BCUT2D eigenvalue weighted by Gasteiger charge is 2.35. The molecule has 0 saturated heterocycles. The van der Waals surface area contributed by atoms with Crippen molar-refractivity contribution in [1.82, 2.24) is 9.97 Å². The van der Waals surface area contributed by atoms with Crippen LogP contribution in [0.1, 0.15) is 37.7 Å². The number of rotatable bonds is 6. The maximum atomic E-state index is 13.5. The maximum absolute atomic E-state index is 13.5. The van der Waals surface area contributed by atoms with Crippen LogP contribution in [-0.2, 0) is 6.18 Å². The molecule has 1 saturated carbocycles. The third kappa shape index (κ3) is 5.82. The van der Waals surface area contributed by atoms with Gasteiger partial charge >= 0.3 is 6.18 Å². The van der Waals surface area contributed by atoms with Gasteiger partial charge in [0.25, 0.3) is 0 Å². The molecule has 0 unspecified atom stereocenters. The highest BCUT2D eigenvalue weighted by atomic mass is 35.5. The normalized spacial score (nSPS) is 14.8. The third-order valence-corrected chi connectivity index (χ3v) is 5.42. The first-order valence-electron chi connectivity index (χ1n) is 10.4. The van der Waals surface area contributed by atoms with Gasteiger partial charge in [-0.25, -0.2) is 4.98 Å². The lowest BCUT2D eigenvalue weighted by Gasteiger charge is -2.23. The second-order valence-electron chi connectivity index (χ2n) is 7.61. The van der Waals surface area contributed by atoms with E-state index in [0.717, 1.165) is 31.9 Å². The van der Waals surface area contributed by atoms with Crippen LogP contribution in [0.2, 0.25) is 5.02 Å². The molecule has 0 amide bonds. The Bertz CT molecular complexity index is 1040. The molecule has 0 atom stereocenters. The minimum atomic E-state index is -4.61. The van der Waals surface area contributed by atoms with E-state index in [-0.39, 0.29) is 17.9 Å². The Morgan fingerprint density at radius 1 is 0.875 bits per heavy atom. The van der Waals surface area contributed by atoms with Gasteiger partial charge in [-0.1, -0.05) is 18.0 Å². The summed E-state index contributed by atoms with van der Waals surface area (Å²) in [4.78, 5) is 7.86.